The average molecular weight is 220 g/mol. The van der Waals surface area contributed by atoms with Gasteiger partial charge in [0.2, 0.25) is 0 Å². The number of hydrogen-bond donors (Lipinski definition) is 2. The molecule has 2 N–H and O–H groups in total. The van der Waals surface area contributed by atoms with Crippen LogP contribution in [0.15, 0.2) is 18.2 Å². The first-order chi connectivity index (χ1) is 7.74. The topological polar surface area (TPSA) is 33.3 Å². The van der Waals surface area contributed by atoms with Crippen LogP contribution in [0.4, 0.5) is 5.69 Å². The van der Waals surface area contributed by atoms with E-state index in [9.17, 15) is 0 Å². The smallest absolute Gasteiger partial charge is 0.0872 e. The summed E-state index contributed by atoms with van der Waals surface area (Å²) in [7, 11) is 0. The van der Waals surface area contributed by atoms with E-state index in [1.807, 2.05) is 0 Å². The van der Waals surface area contributed by atoms with Crippen molar-refractivity contribution in [2.45, 2.75) is 20.0 Å². The largest absolute Gasteiger partial charge is 0.382 e. The SMILES string of the molecule is Cc1cc(C)cc(NCC2CNCCO2)c1. The summed E-state index contributed by atoms with van der Waals surface area (Å²) in [6.07, 6.45) is 0.287. The fourth-order valence-corrected chi connectivity index (χ4v) is 2.06. The Balaban J connectivity index is 1.88. The van der Waals surface area contributed by atoms with Crippen molar-refractivity contribution in [2.24, 2.45) is 0 Å². The molecule has 1 unspecified atom stereocenters. The summed E-state index contributed by atoms with van der Waals surface area (Å²) in [6.45, 7) is 7.85. The van der Waals surface area contributed by atoms with E-state index >= 15 is 0 Å². The zero-order valence-corrected chi connectivity index (χ0v) is 10.0. The minimum Gasteiger partial charge on any atom is -0.382 e. The van der Waals surface area contributed by atoms with Gasteiger partial charge in [-0.15, -0.1) is 0 Å². The molecule has 0 radical (unpaired) electrons. The molecule has 1 heterocycles. The molecular formula is C13H20N2O. The molecule has 1 aromatic carbocycles. The Morgan fingerprint density at radius 3 is 2.69 bits per heavy atom. The third kappa shape index (κ3) is 3.22. The van der Waals surface area contributed by atoms with Crippen LogP contribution in [0.5, 0.6) is 0 Å². The van der Waals surface area contributed by atoms with Gasteiger partial charge in [0.1, 0.15) is 0 Å². The highest BCUT2D eigenvalue weighted by atomic mass is 16.5. The van der Waals surface area contributed by atoms with Crippen molar-refractivity contribution in [1.82, 2.24) is 5.32 Å². The fourth-order valence-electron chi connectivity index (χ4n) is 2.06. The molecule has 1 atom stereocenters. The van der Waals surface area contributed by atoms with Crippen molar-refractivity contribution in [2.75, 3.05) is 31.6 Å². The van der Waals surface area contributed by atoms with E-state index in [1.54, 1.807) is 0 Å². The van der Waals surface area contributed by atoms with Gasteiger partial charge in [-0.2, -0.15) is 0 Å². The van der Waals surface area contributed by atoms with Crippen LogP contribution in [-0.4, -0.2) is 32.3 Å². The third-order valence-corrected chi connectivity index (χ3v) is 2.76. The van der Waals surface area contributed by atoms with Crippen LogP contribution in [0.1, 0.15) is 11.1 Å². The molecule has 1 saturated heterocycles. The van der Waals surface area contributed by atoms with Crippen LogP contribution in [0.2, 0.25) is 0 Å². The molecule has 16 heavy (non-hydrogen) atoms. The summed E-state index contributed by atoms with van der Waals surface area (Å²) in [6, 6.07) is 6.52. The van der Waals surface area contributed by atoms with E-state index in [0.717, 1.165) is 26.2 Å². The van der Waals surface area contributed by atoms with E-state index < -0.39 is 0 Å². The second-order valence-corrected chi connectivity index (χ2v) is 4.45. The highest BCUT2D eigenvalue weighted by Gasteiger charge is 2.12. The van der Waals surface area contributed by atoms with Crippen LogP contribution in [0.25, 0.3) is 0 Å². The summed E-state index contributed by atoms with van der Waals surface area (Å²) in [5.41, 5.74) is 3.78. The molecule has 1 aliphatic rings. The third-order valence-electron chi connectivity index (χ3n) is 2.76. The van der Waals surface area contributed by atoms with Gasteiger partial charge in [-0.1, -0.05) is 6.07 Å². The highest BCUT2D eigenvalue weighted by Crippen LogP contribution is 2.13. The molecule has 0 spiro atoms. The Morgan fingerprint density at radius 2 is 2.06 bits per heavy atom. The normalized spacial score (nSPS) is 20.8. The molecule has 3 heteroatoms. The lowest BCUT2D eigenvalue weighted by Gasteiger charge is -2.24. The lowest BCUT2D eigenvalue weighted by molar-refractivity contribution is 0.0372. The lowest BCUT2D eigenvalue weighted by Crippen LogP contribution is -2.42. The molecule has 0 bridgehead atoms. The average Bonchev–Trinajstić information content (AvgIpc) is 2.27. The van der Waals surface area contributed by atoms with Gasteiger partial charge in [-0.05, 0) is 37.1 Å². The van der Waals surface area contributed by atoms with Gasteiger partial charge >= 0.3 is 0 Å². The summed E-state index contributed by atoms with van der Waals surface area (Å²) in [5.74, 6) is 0. The zero-order chi connectivity index (χ0) is 11.4. The van der Waals surface area contributed by atoms with Crippen molar-refractivity contribution in [3.63, 3.8) is 0 Å². The Kier molecular flexibility index (Phi) is 3.80. The van der Waals surface area contributed by atoms with Crippen LogP contribution in [0, 0.1) is 13.8 Å². The maximum absolute atomic E-state index is 5.64. The molecule has 3 nitrogen and oxygen atoms in total. The van der Waals surface area contributed by atoms with Crippen molar-refractivity contribution in [3.8, 4) is 0 Å². The highest BCUT2D eigenvalue weighted by molar-refractivity contribution is 5.48. The number of morpholine rings is 1. The first-order valence-electron chi connectivity index (χ1n) is 5.88. The lowest BCUT2D eigenvalue weighted by atomic mass is 10.1. The summed E-state index contributed by atoms with van der Waals surface area (Å²) >= 11 is 0. The van der Waals surface area contributed by atoms with Gasteiger partial charge in [0, 0.05) is 25.3 Å². The van der Waals surface area contributed by atoms with Crippen molar-refractivity contribution < 1.29 is 4.74 Å². The quantitative estimate of drug-likeness (QED) is 0.813. The van der Waals surface area contributed by atoms with Gasteiger partial charge in [0.25, 0.3) is 0 Å². The van der Waals surface area contributed by atoms with E-state index in [2.05, 4.69) is 42.7 Å². The second-order valence-electron chi connectivity index (χ2n) is 4.45. The predicted molar refractivity (Wildman–Crippen MR) is 67.0 cm³/mol. The molecule has 0 amide bonds. The monoisotopic (exact) mass is 220 g/mol. The molecule has 1 aromatic rings. The van der Waals surface area contributed by atoms with E-state index in [0.29, 0.717) is 0 Å². The maximum Gasteiger partial charge on any atom is 0.0872 e. The Hall–Kier alpha value is -1.06. The van der Waals surface area contributed by atoms with Crippen LogP contribution in [0.3, 0.4) is 0 Å². The van der Waals surface area contributed by atoms with Crippen molar-refractivity contribution >= 4 is 5.69 Å². The summed E-state index contributed by atoms with van der Waals surface area (Å²) in [4.78, 5) is 0. The standard InChI is InChI=1S/C13H20N2O/c1-10-5-11(2)7-12(6-10)15-9-13-8-14-3-4-16-13/h5-7,13-15H,3-4,8-9H2,1-2H3. The molecule has 2 rings (SSSR count). The Morgan fingerprint density at radius 1 is 1.31 bits per heavy atom. The summed E-state index contributed by atoms with van der Waals surface area (Å²) < 4.78 is 5.64. The van der Waals surface area contributed by atoms with Gasteiger partial charge in [-0.3, -0.25) is 0 Å². The zero-order valence-electron chi connectivity index (χ0n) is 10.0. The number of hydrogen-bond acceptors (Lipinski definition) is 3. The number of benzene rings is 1. The van der Waals surface area contributed by atoms with Crippen molar-refractivity contribution in [3.05, 3.63) is 29.3 Å². The first-order valence-corrected chi connectivity index (χ1v) is 5.88. The molecule has 0 aromatic heterocycles. The molecule has 0 saturated carbocycles. The fraction of sp³-hybridized carbons (Fsp3) is 0.538. The maximum atomic E-state index is 5.64. The van der Waals surface area contributed by atoms with Crippen LogP contribution in [-0.2, 0) is 4.74 Å². The van der Waals surface area contributed by atoms with Crippen LogP contribution < -0.4 is 10.6 Å². The number of anilines is 1. The minimum atomic E-state index is 0.287. The van der Waals surface area contributed by atoms with Crippen LogP contribution >= 0.6 is 0 Å². The van der Waals surface area contributed by atoms with E-state index in [4.69, 9.17) is 4.74 Å². The molecule has 0 aliphatic carbocycles. The predicted octanol–water partition coefficient (Wildman–Crippen LogP) is 1.70. The first kappa shape index (κ1) is 11.4. The second kappa shape index (κ2) is 5.32. The molecule has 1 fully saturated rings. The minimum absolute atomic E-state index is 0.287. The van der Waals surface area contributed by atoms with Gasteiger partial charge in [0.15, 0.2) is 0 Å². The molecule has 1 aliphatic heterocycles. The van der Waals surface area contributed by atoms with Gasteiger partial charge in [-0.25, -0.2) is 0 Å². The van der Waals surface area contributed by atoms with Gasteiger partial charge < -0.3 is 15.4 Å². The Bertz CT molecular complexity index is 326. The number of ether oxygens (including phenoxy) is 1. The number of aryl methyl sites for hydroxylation is 2. The molecular weight excluding hydrogens is 200 g/mol. The molecule has 88 valence electrons. The Labute approximate surface area is 97.2 Å². The number of nitrogens with one attached hydrogen (secondary N) is 2. The van der Waals surface area contributed by atoms with Crippen molar-refractivity contribution in [1.29, 1.82) is 0 Å². The number of rotatable bonds is 3. The van der Waals surface area contributed by atoms with E-state index in [-0.39, 0.29) is 6.10 Å². The van der Waals surface area contributed by atoms with E-state index in [1.165, 1.54) is 16.8 Å². The summed E-state index contributed by atoms with van der Waals surface area (Å²) in [5, 5.41) is 6.76. The van der Waals surface area contributed by atoms with Gasteiger partial charge in [0.05, 0.1) is 12.7 Å².